The molecule has 14 heavy (non-hydrogen) atoms. The summed E-state index contributed by atoms with van der Waals surface area (Å²) in [5.74, 6) is -1.21. The van der Waals surface area contributed by atoms with Crippen molar-refractivity contribution in [1.29, 1.82) is 0 Å². The van der Waals surface area contributed by atoms with Gasteiger partial charge in [0.15, 0.2) is 11.6 Å². The number of benzene rings is 1. The summed E-state index contributed by atoms with van der Waals surface area (Å²) in [6, 6.07) is 2.85. The monoisotopic (exact) mass is 223 g/mol. The molecule has 1 atom stereocenters. The lowest BCUT2D eigenvalue weighted by molar-refractivity contribution is 0.281. The minimum absolute atomic E-state index is 0. The average molecular weight is 224 g/mol. The zero-order chi connectivity index (χ0) is 9.84. The van der Waals surface area contributed by atoms with Gasteiger partial charge in [0.1, 0.15) is 12.4 Å². The molecule has 1 rings (SSSR count). The topological polar surface area (TPSA) is 35.2 Å². The summed E-state index contributed by atoms with van der Waals surface area (Å²) < 4.78 is 30.4. The Labute approximate surface area is 87.5 Å². The number of rotatable bonds is 3. The maximum absolute atomic E-state index is 12.9. The molecule has 0 bridgehead atoms. The third-order valence-electron chi connectivity index (χ3n) is 1.39. The van der Waals surface area contributed by atoms with Gasteiger partial charge in [-0.2, -0.15) is 0 Å². The molecule has 1 unspecified atom stereocenters. The van der Waals surface area contributed by atoms with Crippen molar-refractivity contribution in [1.82, 2.24) is 0 Å². The Morgan fingerprint density at radius 3 is 2.64 bits per heavy atom. The van der Waals surface area contributed by atoms with E-state index in [2.05, 4.69) is 0 Å². The highest BCUT2D eigenvalue weighted by Gasteiger charge is 2.05. The fourth-order valence-electron chi connectivity index (χ4n) is 0.809. The van der Waals surface area contributed by atoms with Gasteiger partial charge in [0, 0.05) is 12.1 Å². The van der Waals surface area contributed by atoms with Gasteiger partial charge >= 0.3 is 0 Å². The lowest BCUT2D eigenvalue weighted by atomic mass is 10.3. The largest absolute Gasteiger partial charge is 0.489 e. The van der Waals surface area contributed by atoms with Crippen LogP contribution < -0.4 is 10.5 Å². The van der Waals surface area contributed by atoms with E-state index in [0.717, 1.165) is 18.2 Å². The molecule has 0 spiro atoms. The van der Waals surface area contributed by atoms with Crippen molar-refractivity contribution in [2.24, 2.45) is 5.73 Å². The highest BCUT2D eigenvalue weighted by Crippen LogP contribution is 2.17. The summed E-state index contributed by atoms with van der Waals surface area (Å²) in [7, 11) is 0. The van der Waals surface area contributed by atoms with Crippen LogP contribution in [0.3, 0.4) is 0 Å². The molecule has 5 heteroatoms. The number of hydrogen-bond donors (Lipinski definition) is 1. The first-order valence-electron chi connectivity index (χ1n) is 3.93. The summed E-state index contributed by atoms with van der Waals surface area (Å²) in [6.07, 6.45) is 0. The van der Waals surface area contributed by atoms with Gasteiger partial charge in [-0.1, -0.05) is 0 Å². The molecular formula is C9H12ClF2NO. The van der Waals surface area contributed by atoms with E-state index in [1.54, 1.807) is 6.92 Å². The van der Waals surface area contributed by atoms with Crippen LogP contribution in [0.25, 0.3) is 0 Å². The fraction of sp³-hybridized carbons (Fsp3) is 0.333. The van der Waals surface area contributed by atoms with E-state index in [-0.39, 0.29) is 30.8 Å². The first-order chi connectivity index (χ1) is 6.09. The van der Waals surface area contributed by atoms with Crippen LogP contribution in [0, 0.1) is 11.6 Å². The summed E-state index contributed by atoms with van der Waals surface area (Å²) in [5.41, 5.74) is 5.39. The van der Waals surface area contributed by atoms with E-state index >= 15 is 0 Å². The quantitative estimate of drug-likeness (QED) is 0.852. The van der Waals surface area contributed by atoms with E-state index < -0.39 is 11.6 Å². The van der Waals surface area contributed by atoms with Crippen LogP contribution in [0.15, 0.2) is 18.2 Å². The Bertz CT molecular complexity index is 294. The zero-order valence-corrected chi connectivity index (χ0v) is 8.48. The van der Waals surface area contributed by atoms with Crippen LogP contribution in [-0.2, 0) is 0 Å². The first kappa shape index (κ1) is 13.1. The Hall–Kier alpha value is -0.870. The van der Waals surface area contributed by atoms with E-state index in [1.807, 2.05) is 0 Å². The molecule has 0 aliphatic rings. The Balaban J connectivity index is 0.00000169. The molecular weight excluding hydrogens is 212 g/mol. The summed E-state index contributed by atoms with van der Waals surface area (Å²) in [4.78, 5) is 0. The second kappa shape index (κ2) is 5.78. The van der Waals surface area contributed by atoms with Crippen LogP contribution in [0.1, 0.15) is 6.92 Å². The number of hydrogen-bond acceptors (Lipinski definition) is 2. The summed E-state index contributed by atoms with van der Waals surface area (Å²) >= 11 is 0. The second-order valence-electron chi connectivity index (χ2n) is 2.86. The molecule has 0 aromatic heterocycles. The number of nitrogens with two attached hydrogens (primary N) is 1. The van der Waals surface area contributed by atoms with E-state index in [0.29, 0.717) is 0 Å². The van der Waals surface area contributed by atoms with Gasteiger partial charge in [-0.25, -0.2) is 8.78 Å². The molecule has 0 fully saturated rings. The predicted molar refractivity (Wildman–Crippen MR) is 52.8 cm³/mol. The third-order valence-corrected chi connectivity index (χ3v) is 1.39. The molecule has 0 aliphatic carbocycles. The highest BCUT2D eigenvalue weighted by molar-refractivity contribution is 5.85. The maximum Gasteiger partial charge on any atom is 0.165 e. The molecule has 0 aliphatic heterocycles. The van der Waals surface area contributed by atoms with Crippen LogP contribution >= 0.6 is 12.4 Å². The smallest absolute Gasteiger partial charge is 0.165 e. The lowest BCUT2D eigenvalue weighted by Crippen LogP contribution is -2.23. The SMILES string of the molecule is CC(N)COc1cc(F)ccc1F.Cl. The maximum atomic E-state index is 12.9. The van der Waals surface area contributed by atoms with Crippen LogP contribution in [-0.4, -0.2) is 12.6 Å². The normalized spacial score (nSPS) is 11.7. The fourth-order valence-corrected chi connectivity index (χ4v) is 0.809. The first-order valence-corrected chi connectivity index (χ1v) is 3.93. The van der Waals surface area contributed by atoms with Gasteiger partial charge in [0.05, 0.1) is 0 Å². The van der Waals surface area contributed by atoms with Crippen molar-refractivity contribution >= 4 is 12.4 Å². The molecule has 0 saturated heterocycles. The van der Waals surface area contributed by atoms with Gasteiger partial charge in [0.2, 0.25) is 0 Å². The van der Waals surface area contributed by atoms with Gasteiger partial charge in [0.25, 0.3) is 0 Å². The van der Waals surface area contributed by atoms with Crippen molar-refractivity contribution in [2.75, 3.05) is 6.61 Å². The molecule has 0 saturated carbocycles. The summed E-state index contributed by atoms with van der Waals surface area (Å²) in [6.45, 7) is 1.89. The molecule has 0 heterocycles. The van der Waals surface area contributed by atoms with Crippen molar-refractivity contribution in [2.45, 2.75) is 13.0 Å². The van der Waals surface area contributed by atoms with Crippen molar-refractivity contribution in [3.8, 4) is 5.75 Å². The number of ether oxygens (including phenoxy) is 1. The van der Waals surface area contributed by atoms with Gasteiger partial charge in [-0.15, -0.1) is 12.4 Å². The van der Waals surface area contributed by atoms with Crippen LogP contribution in [0.4, 0.5) is 8.78 Å². The Morgan fingerprint density at radius 1 is 1.43 bits per heavy atom. The zero-order valence-electron chi connectivity index (χ0n) is 7.67. The Kier molecular flexibility index (Phi) is 5.42. The molecule has 0 radical (unpaired) electrons. The van der Waals surface area contributed by atoms with Gasteiger partial charge < -0.3 is 10.5 Å². The van der Waals surface area contributed by atoms with E-state index in [9.17, 15) is 8.78 Å². The van der Waals surface area contributed by atoms with E-state index in [4.69, 9.17) is 10.5 Å². The molecule has 2 N–H and O–H groups in total. The lowest BCUT2D eigenvalue weighted by Gasteiger charge is -2.09. The standard InChI is InChI=1S/C9H11F2NO.ClH/c1-6(12)5-13-9-4-7(10)2-3-8(9)11;/h2-4,6H,5,12H2,1H3;1H. The highest BCUT2D eigenvalue weighted by atomic mass is 35.5. The molecule has 80 valence electrons. The van der Waals surface area contributed by atoms with Crippen LogP contribution in [0.5, 0.6) is 5.75 Å². The minimum Gasteiger partial charge on any atom is -0.489 e. The number of halogens is 3. The Morgan fingerprint density at radius 2 is 2.07 bits per heavy atom. The average Bonchev–Trinajstić information content (AvgIpc) is 2.06. The summed E-state index contributed by atoms with van der Waals surface area (Å²) in [5, 5.41) is 0. The van der Waals surface area contributed by atoms with Crippen molar-refractivity contribution in [3.63, 3.8) is 0 Å². The van der Waals surface area contributed by atoms with Gasteiger partial charge in [-0.05, 0) is 19.1 Å². The van der Waals surface area contributed by atoms with Crippen molar-refractivity contribution in [3.05, 3.63) is 29.8 Å². The third kappa shape index (κ3) is 3.89. The van der Waals surface area contributed by atoms with E-state index in [1.165, 1.54) is 0 Å². The van der Waals surface area contributed by atoms with Crippen LogP contribution in [0.2, 0.25) is 0 Å². The second-order valence-corrected chi connectivity index (χ2v) is 2.86. The molecule has 1 aromatic rings. The molecule has 1 aromatic carbocycles. The minimum atomic E-state index is -0.581. The van der Waals surface area contributed by atoms with Gasteiger partial charge in [-0.3, -0.25) is 0 Å². The molecule has 0 amide bonds. The predicted octanol–water partition coefficient (Wildman–Crippen LogP) is 2.11. The van der Waals surface area contributed by atoms with Crippen molar-refractivity contribution < 1.29 is 13.5 Å². The molecule has 2 nitrogen and oxygen atoms in total.